The maximum absolute atomic E-state index is 13.2. The van der Waals surface area contributed by atoms with Crippen molar-refractivity contribution in [2.45, 2.75) is 25.7 Å². The third-order valence-electron chi connectivity index (χ3n) is 3.91. The summed E-state index contributed by atoms with van der Waals surface area (Å²) in [7, 11) is -3.87. The first kappa shape index (κ1) is 20.5. The average Bonchev–Trinajstić information content (AvgIpc) is 2.66. The Kier molecular flexibility index (Phi) is 7.26. The van der Waals surface area contributed by atoms with Crippen LogP contribution in [-0.2, 0) is 31.6 Å². The van der Waals surface area contributed by atoms with Gasteiger partial charge in [-0.25, -0.2) is 0 Å². The second-order valence-corrected chi connectivity index (χ2v) is 8.09. The van der Waals surface area contributed by atoms with Gasteiger partial charge >= 0.3 is 7.60 Å². The molecule has 0 saturated carbocycles. The SMILES string of the molecule is CC(=O)[C@@](O)(CO)CP(=O)(OCc1ccccc1)OCc1ccccc1. The van der Waals surface area contributed by atoms with Crippen LogP contribution >= 0.6 is 7.60 Å². The topological polar surface area (TPSA) is 93.1 Å². The molecule has 2 aromatic carbocycles. The summed E-state index contributed by atoms with van der Waals surface area (Å²) in [6, 6.07) is 18.1. The average molecular weight is 378 g/mol. The van der Waals surface area contributed by atoms with Crippen molar-refractivity contribution in [3.8, 4) is 0 Å². The van der Waals surface area contributed by atoms with E-state index in [1.54, 1.807) is 24.3 Å². The van der Waals surface area contributed by atoms with E-state index in [0.717, 1.165) is 18.1 Å². The van der Waals surface area contributed by atoms with E-state index >= 15 is 0 Å². The lowest BCUT2D eigenvalue weighted by molar-refractivity contribution is -0.136. The second-order valence-electron chi connectivity index (χ2n) is 6.03. The molecular formula is C19H23O6P. The number of carbonyl (C=O) groups excluding carboxylic acids is 1. The first-order chi connectivity index (χ1) is 12.4. The van der Waals surface area contributed by atoms with Gasteiger partial charge < -0.3 is 19.3 Å². The first-order valence-corrected chi connectivity index (χ1v) is 9.90. The fraction of sp³-hybridized carbons (Fsp3) is 0.316. The minimum Gasteiger partial charge on any atom is -0.393 e. The summed E-state index contributed by atoms with van der Waals surface area (Å²) in [5.41, 5.74) is -0.638. The van der Waals surface area contributed by atoms with Crippen molar-refractivity contribution in [2.75, 3.05) is 12.8 Å². The molecule has 2 rings (SSSR count). The van der Waals surface area contributed by atoms with Crippen LogP contribution in [0.25, 0.3) is 0 Å². The normalized spacial score (nSPS) is 14.0. The fourth-order valence-corrected chi connectivity index (χ4v) is 4.13. The maximum Gasteiger partial charge on any atom is 0.334 e. The number of aliphatic hydroxyl groups is 2. The molecule has 0 bridgehead atoms. The van der Waals surface area contributed by atoms with Crippen LogP contribution in [0.4, 0.5) is 0 Å². The Labute approximate surface area is 152 Å². The quantitative estimate of drug-likeness (QED) is 0.618. The Bertz CT molecular complexity index is 702. The number of Topliss-reactive ketones (excluding diaryl/α,β-unsaturated/α-hetero) is 1. The van der Waals surface area contributed by atoms with E-state index in [-0.39, 0.29) is 13.2 Å². The predicted octanol–water partition coefficient (Wildman–Crippen LogP) is 2.93. The Morgan fingerprint density at radius 2 is 1.38 bits per heavy atom. The van der Waals surface area contributed by atoms with Crippen molar-refractivity contribution < 1.29 is 28.6 Å². The van der Waals surface area contributed by atoms with Gasteiger partial charge in [0.15, 0.2) is 11.4 Å². The molecule has 0 aliphatic rings. The summed E-state index contributed by atoms with van der Waals surface area (Å²) in [5.74, 6) is -0.702. The number of carbonyl (C=O) groups is 1. The summed E-state index contributed by atoms with van der Waals surface area (Å²) in [5, 5.41) is 19.7. The molecule has 2 N–H and O–H groups in total. The highest BCUT2D eigenvalue weighted by Crippen LogP contribution is 2.52. The van der Waals surface area contributed by atoms with Crippen molar-refractivity contribution in [3.63, 3.8) is 0 Å². The Balaban J connectivity index is 2.15. The molecule has 0 saturated heterocycles. The van der Waals surface area contributed by atoms with E-state index in [0.29, 0.717) is 0 Å². The van der Waals surface area contributed by atoms with Crippen LogP contribution in [0.1, 0.15) is 18.1 Å². The third-order valence-corrected chi connectivity index (χ3v) is 5.87. The van der Waals surface area contributed by atoms with E-state index in [1.807, 2.05) is 36.4 Å². The molecule has 0 aliphatic carbocycles. The number of benzene rings is 2. The molecule has 140 valence electrons. The highest BCUT2D eigenvalue weighted by molar-refractivity contribution is 7.54. The van der Waals surface area contributed by atoms with Gasteiger partial charge in [-0.3, -0.25) is 9.36 Å². The van der Waals surface area contributed by atoms with Crippen molar-refractivity contribution in [2.24, 2.45) is 0 Å². The number of hydrogen-bond donors (Lipinski definition) is 2. The summed E-state index contributed by atoms with van der Waals surface area (Å²) in [6.07, 6.45) is -0.620. The van der Waals surface area contributed by atoms with Crippen LogP contribution in [0.3, 0.4) is 0 Å². The number of aliphatic hydroxyl groups excluding tert-OH is 1. The summed E-state index contributed by atoms with van der Waals surface area (Å²) in [6.45, 7) is 0.239. The predicted molar refractivity (Wildman–Crippen MR) is 97.7 cm³/mol. The van der Waals surface area contributed by atoms with Crippen LogP contribution in [0.2, 0.25) is 0 Å². The zero-order chi connectivity index (χ0) is 19.0. The van der Waals surface area contributed by atoms with Gasteiger partial charge in [-0.1, -0.05) is 60.7 Å². The molecular weight excluding hydrogens is 355 g/mol. The zero-order valence-corrected chi connectivity index (χ0v) is 15.5. The molecule has 0 spiro atoms. The van der Waals surface area contributed by atoms with Gasteiger partial charge in [0.2, 0.25) is 0 Å². The summed E-state index contributed by atoms with van der Waals surface area (Å²) in [4.78, 5) is 11.7. The van der Waals surface area contributed by atoms with Crippen molar-refractivity contribution in [3.05, 3.63) is 71.8 Å². The van der Waals surface area contributed by atoms with Crippen LogP contribution in [0.5, 0.6) is 0 Å². The summed E-state index contributed by atoms with van der Waals surface area (Å²) >= 11 is 0. The monoisotopic (exact) mass is 378 g/mol. The van der Waals surface area contributed by atoms with Gasteiger partial charge in [0.25, 0.3) is 0 Å². The van der Waals surface area contributed by atoms with E-state index in [1.165, 1.54) is 0 Å². The minimum atomic E-state index is -3.87. The molecule has 26 heavy (non-hydrogen) atoms. The maximum atomic E-state index is 13.2. The van der Waals surface area contributed by atoms with Crippen molar-refractivity contribution in [1.29, 1.82) is 0 Å². The molecule has 0 aliphatic heterocycles. The Morgan fingerprint density at radius 3 is 1.73 bits per heavy atom. The molecule has 0 amide bonds. The smallest absolute Gasteiger partial charge is 0.334 e. The molecule has 2 aromatic rings. The lowest BCUT2D eigenvalue weighted by atomic mass is 10.0. The van der Waals surface area contributed by atoms with E-state index < -0.39 is 31.7 Å². The van der Waals surface area contributed by atoms with Gasteiger partial charge in [-0.2, -0.15) is 0 Å². The highest BCUT2D eigenvalue weighted by atomic mass is 31.2. The number of ketones is 1. The first-order valence-electron chi connectivity index (χ1n) is 8.17. The van der Waals surface area contributed by atoms with Crippen LogP contribution in [0.15, 0.2) is 60.7 Å². The Morgan fingerprint density at radius 1 is 0.962 bits per heavy atom. The van der Waals surface area contributed by atoms with E-state index in [4.69, 9.17) is 9.05 Å². The van der Waals surface area contributed by atoms with Gasteiger partial charge in [0.05, 0.1) is 26.0 Å². The standard InChI is InChI=1S/C19H23O6P/c1-16(21)19(22,14-20)15-26(23,24-12-17-8-4-2-5-9-17)25-13-18-10-6-3-7-11-18/h2-11,20,22H,12-15H2,1H3/t19-/m1/s1. The van der Waals surface area contributed by atoms with Gasteiger partial charge in [0, 0.05) is 0 Å². The lowest BCUT2D eigenvalue weighted by Crippen LogP contribution is -2.44. The van der Waals surface area contributed by atoms with Crippen LogP contribution in [-0.4, -0.2) is 34.4 Å². The zero-order valence-electron chi connectivity index (χ0n) is 14.6. The third kappa shape index (κ3) is 5.87. The minimum absolute atomic E-state index is 0.00762. The molecule has 0 unspecified atom stereocenters. The van der Waals surface area contributed by atoms with E-state index in [2.05, 4.69) is 0 Å². The second kappa shape index (κ2) is 9.21. The van der Waals surface area contributed by atoms with Gasteiger partial charge in [-0.05, 0) is 18.1 Å². The van der Waals surface area contributed by atoms with Gasteiger partial charge in [-0.15, -0.1) is 0 Å². The number of hydrogen-bond acceptors (Lipinski definition) is 6. The number of rotatable bonds is 10. The van der Waals surface area contributed by atoms with E-state index in [9.17, 15) is 19.6 Å². The van der Waals surface area contributed by atoms with Crippen molar-refractivity contribution in [1.82, 2.24) is 0 Å². The van der Waals surface area contributed by atoms with Crippen LogP contribution in [0, 0.1) is 0 Å². The fourth-order valence-electron chi connectivity index (χ4n) is 2.22. The summed E-state index contributed by atoms with van der Waals surface area (Å²) < 4.78 is 24.2. The molecule has 0 aromatic heterocycles. The molecule has 6 nitrogen and oxygen atoms in total. The van der Waals surface area contributed by atoms with Crippen LogP contribution < -0.4 is 0 Å². The van der Waals surface area contributed by atoms with Crippen molar-refractivity contribution >= 4 is 13.4 Å². The molecule has 0 fully saturated rings. The Hall–Kier alpha value is -1.82. The molecule has 1 atom stereocenters. The molecule has 0 heterocycles. The molecule has 7 heteroatoms. The highest BCUT2D eigenvalue weighted by Gasteiger charge is 2.42. The lowest BCUT2D eigenvalue weighted by Gasteiger charge is -2.27. The molecule has 0 radical (unpaired) electrons. The largest absolute Gasteiger partial charge is 0.393 e. The van der Waals surface area contributed by atoms with Gasteiger partial charge in [0.1, 0.15) is 0 Å².